The lowest BCUT2D eigenvalue weighted by Gasteiger charge is -2.12. The second-order valence-corrected chi connectivity index (χ2v) is 9.13. The van der Waals surface area contributed by atoms with E-state index < -0.39 is 0 Å². The molecule has 158 valence electrons. The summed E-state index contributed by atoms with van der Waals surface area (Å²) >= 11 is 2.58. The maximum absolute atomic E-state index is 12.5. The molecule has 0 spiro atoms. The van der Waals surface area contributed by atoms with Crippen LogP contribution in [0.4, 0.5) is 4.79 Å². The number of hydrogen-bond donors (Lipinski definition) is 1. The van der Waals surface area contributed by atoms with E-state index in [-0.39, 0.29) is 30.1 Å². The van der Waals surface area contributed by atoms with Crippen molar-refractivity contribution >= 4 is 56.4 Å². The van der Waals surface area contributed by atoms with Gasteiger partial charge in [0.2, 0.25) is 5.91 Å². The molecule has 0 saturated carbocycles. The van der Waals surface area contributed by atoms with Gasteiger partial charge >= 0.3 is 0 Å². The van der Waals surface area contributed by atoms with Crippen LogP contribution in [0.15, 0.2) is 59.5 Å². The molecule has 2 aromatic carbocycles. The number of nitrogens with zero attached hydrogens (tertiary/aromatic N) is 2. The summed E-state index contributed by atoms with van der Waals surface area (Å²) in [4.78, 5) is 42.9. The summed E-state index contributed by atoms with van der Waals surface area (Å²) in [5, 5.41) is 3.51. The first-order valence-electron chi connectivity index (χ1n) is 10.0. The number of fused-ring (bicyclic) bond motifs is 1. The van der Waals surface area contributed by atoms with Crippen molar-refractivity contribution in [1.82, 2.24) is 15.2 Å². The highest BCUT2D eigenvalue weighted by Gasteiger charge is 2.34. The minimum atomic E-state index is -0.316. The lowest BCUT2D eigenvalue weighted by molar-refractivity contribution is -0.124. The average molecular weight is 452 g/mol. The summed E-state index contributed by atoms with van der Waals surface area (Å²) in [5.74, 6) is -0.406. The molecule has 0 radical (unpaired) electrons. The van der Waals surface area contributed by atoms with Gasteiger partial charge in [-0.15, -0.1) is 11.3 Å². The van der Waals surface area contributed by atoms with E-state index in [2.05, 4.69) is 10.3 Å². The Bertz CT molecular complexity index is 1110. The third kappa shape index (κ3) is 5.39. The zero-order valence-electron chi connectivity index (χ0n) is 16.7. The SMILES string of the molecule is O=C(CCCc1nc2ccccc2s1)NCCN1C(=O)S/C(=C\c2ccccc2)C1=O. The largest absolute Gasteiger partial charge is 0.354 e. The molecule has 2 heterocycles. The predicted octanol–water partition coefficient (Wildman–Crippen LogP) is 4.47. The highest BCUT2D eigenvalue weighted by atomic mass is 32.2. The van der Waals surface area contributed by atoms with E-state index in [9.17, 15) is 14.4 Å². The van der Waals surface area contributed by atoms with Crippen LogP contribution in [0.5, 0.6) is 0 Å². The number of benzene rings is 2. The molecule has 0 bridgehead atoms. The Kier molecular flexibility index (Phi) is 6.79. The first-order valence-corrected chi connectivity index (χ1v) is 11.6. The lowest BCUT2D eigenvalue weighted by atomic mass is 10.2. The summed E-state index contributed by atoms with van der Waals surface area (Å²) in [5.41, 5.74) is 1.86. The number of nitrogens with one attached hydrogen (secondary N) is 1. The van der Waals surface area contributed by atoms with Gasteiger partial charge in [0, 0.05) is 19.5 Å². The van der Waals surface area contributed by atoms with Crippen LogP contribution in [0.25, 0.3) is 16.3 Å². The standard InChI is InChI=1S/C23H21N3O3S2/c27-20(11-6-12-21-25-17-9-4-5-10-18(17)30-21)24-13-14-26-22(28)19(31-23(26)29)15-16-7-2-1-3-8-16/h1-5,7-10,15H,6,11-14H2,(H,24,27)/b19-15-. The Morgan fingerprint density at radius 2 is 1.84 bits per heavy atom. The van der Waals surface area contributed by atoms with Crippen molar-refractivity contribution in [3.8, 4) is 0 Å². The molecule has 0 unspecified atom stereocenters. The number of aryl methyl sites for hydroxylation is 1. The van der Waals surface area contributed by atoms with Crippen LogP contribution >= 0.6 is 23.1 Å². The minimum absolute atomic E-state index is 0.0899. The molecule has 1 N–H and O–H groups in total. The molecule has 3 aromatic rings. The van der Waals surface area contributed by atoms with Crippen molar-refractivity contribution in [2.75, 3.05) is 13.1 Å². The fraction of sp³-hybridized carbons (Fsp3) is 0.217. The summed E-state index contributed by atoms with van der Waals surface area (Å²) in [6.45, 7) is 0.414. The van der Waals surface area contributed by atoms with Crippen molar-refractivity contribution < 1.29 is 14.4 Å². The lowest BCUT2D eigenvalue weighted by Crippen LogP contribution is -2.37. The molecule has 4 rings (SSSR count). The van der Waals surface area contributed by atoms with Gasteiger partial charge in [-0.3, -0.25) is 19.3 Å². The van der Waals surface area contributed by atoms with Crippen LogP contribution in [-0.2, 0) is 16.0 Å². The number of amides is 3. The summed E-state index contributed by atoms with van der Waals surface area (Å²) < 4.78 is 1.15. The predicted molar refractivity (Wildman–Crippen MR) is 125 cm³/mol. The van der Waals surface area contributed by atoms with Crippen molar-refractivity contribution in [2.45, 2.75) is 19.3 Å². The minimum Gasteiger partial charge on any atom is -0.354 e. The molecular formula is C23H21N3O3S2. The van der Waals surface area contributed by atoms with Gasteiger partial charge in [0.05, 0.1) is 20.1 Å². The maximum atomic E-state index is 12.5. The molecule has 31 heavy (non-hydrogen) atoms. The van der Waals surface area contributed by atoms with Gasteiger partial charge in [0.25, 0.3) is 11.1 Å². The smallest absolute Gasteiger partial charge is 0.293 e. The second kappa shape index (κ2) is 9.89. The topological polar surface area (TPSA) is 79.4 Å². The van der Waals surface area contributed by atoms with Crippen LogP contribution in [-0.4, -0.2) is 40.0 Å². The van der Waals surface area contributed by atoms with Crippen molar-refractivity contribution in [3.63, 3.8) is 0 Å². The van der Waals surface area contributed by atoms with Gasteiger partial charge in [-0.05, 0) is 48.4 Å². The summed E-state index contributed by atoms with van der Waals surface area (Å²) in [7, 11) is 0. The normalized spacial score (nSPS) is 15.2. The molecule has 1 saturated heterocycles. The third-order valence-corrected chi connectivity index (χ3v) is 6.76. The zero-order valence-corrected chi connectivity index (χ0v) is 18.4. The fourth-order valence-electron chi connectivity index (χ4n) is 3.22. The van der Waals surface area contributed by atoms with Crippen LogP contribution in [0, 0.1) is 0 Å². The number of carbonyl (C=O) groups excluding carboxylic acids is 3. The molecule has 1 aliphatic heterocycles. The molecule has 1 aliphatic rings. The molecule has 1 fully saturated rings. The van der Waals surface area contributed by atoms with Gasteiger partial charge < -0.3 is 5.32 Å². The Hall–Kier alpha value is -2.97. The summed E-state index contributed by atoms with van der Waals surface area (Å²) in [6.07, 6.45) is 3.55. The number of aromatic nitrogens is 1. The van der Waals surface area contributed by atoms with E-state index in [1.807, 2.05) is 54.6 Å². The Balaban J connectivity index is 1.20. The zero-order chi connectivity index (χ0) is 21.6. The van der Waals surface area contributed by atoms with Crippen molar-refractivity contribution in [3.05, 3.63) is 70.1 Å². The first kappa shape index (κ1) is 21.3. The Morgan fingerprint density at radius 3 is 2.65 bits per heavy atom. The number of para-hydroxylation sites is 1. The van der Waals surface area contributed by atoms with Crippen LogP contribution in [0.2, 0.25) is 0 Å². The van der Waals surface area contributed by atoms with Crippen LogP contribution in [0.3, 0.4) is 0 Å². The van der Waals surface area contributed by atoms with Crippen molar-refractivity contribution in [1.29, 1.82) is 0 Å². The molecule has 3 amide bonds. The van der Waals surface area contributed by atoms with Gasteiger partial charge in [-0.25, -0.2) is 4.98 Å². The van der Waals surface area contributed by atoms with E-state index in [0.29, 0.717) is 17.7 Å². The number of carbonyl (C=O) groups is 3. The number of thiazole rings is 1. The maximum Gasteiger partial charge on any atom is 0.293 e. The second-order valence-electron chi connectivity index (χ2n) is 7.02. The summed E-state index contributed by atoms with van der Waals surface area (Å²) in [6, 6.07) is 17.4. The molecular weight excluding hydrogens is 430 g/mol. The third-order valence-electron chi connectivity index (χ3n) is 4.76. The number of thioether (sulfide) groups is 1. The molecule has 8 heteroatoms. The van der Waals surface area contributed by atoms with E-state index in [4.69, 9.17) is 0 Å². The van der Waals surface area contributed by atoms with E-state index in [1.165, 1.54) is 4.90 Å². The highest BCUT2D eigenvalue weighted by Crippen LogP contribution is 2.31. The van der Waals surface area contributed by atoms with E-state index >= 15 is 0 Å². The Labute approximate surface area is 188 Å². The Morgan fingerprint density at radius 1 is 1.06 bits per heavy atom. The fourth-order valence-corrected chi connectivity index (χ4v) is 5.09. The van der Waals surface area contributed by atoms with E-state index in [1.54, 1.807) is 17.4 Å². The van der Waals surface area contributed by atoms with Gasteiger partial charge in [0.1, 0.15) is 0 Å². The molecule has 0 atom stereocenters. The number of rotatable bonds is 8. The number of imide groups is 1. The van der Waals surface area contributed by atoms with Crippen LogP contribution < -0.4 is 5.32 Å². The van der Waals surface area contributed by atoms with E-state index in [0.717, 1.165) is 39.0 Å². The number of hydrogen-bond acceptors (Lipinski definition) is 6. The van der Waals surface area contributed by atoms with Gasteiger partial charge in [-0.2, -0.15) is 0 Å². The molecule has 6 nitrogen and oxygen atoms in total. The van der Waals surface area contributed by atoms with Gasteiger partial charge in [-0.1, -0.05) is 42.5 Å². The first-order chi connectivity index (χ1) is 15.1. The molecule has 1 aromatic heterocycles. The van der Waals surface area contributed by atoms with Crippen molar-refractivity contribution in [2.24, 2.45) is 0 Å². The molecule has 0 aliphatic carbocycles. The average Bonchev–Trinajstić information content (AvgIpc) is 3.30. The highest BCUT2D eigenvalue weighted by molar-refractivity contribution is 8.18. The quantitative estimate of drug-likeness (QED) is 0.511. The van der Waals surface area contributed by atoms with Gasteiger partial charge in [0.15, 0.2) is 0 Å². The monoisotopic (exact) mass is 451 g/mol. The van der Waals surface area contributed by atoms with Crippen LogP contribution in [0.1, 0.15) is 23.4 Å².